The van der Waals surface area contributed by atoms with Crippen LogP contribution >= 0.6 is 0 Å². The molecular formula is C22H20N2O5S. The SMILES string of the molecule is COc1ccc(-c2cc(CN(Cc3ccco3)S(=O)(=O)c3ccccc3)no2)cc1. The molecule has 0 amide bonds. The number of ether oxygens (including phenoxy) is 1. The van der Waals surface area contributed by atoms with E-state index in [-0.39, 0.29) is 18.0 Å². The maximum absolute atomic E-state index is 13.2. The van der Waals surface area contributed by atoms with Crippen LogP contribution in [0.25, 0.3) is 11.3 Å². The Kier molecular flexibility index (Phi) is 5.69. The summed E-state index contributed by atoms with van der Waals surface area (Å²) in [5.41, 5.74) is 1.31. The molecule has 4 rings (SSSR count). The first-order valence-electron chi connectivity index (χ1n) is 9.24. The van der Waals surface area contributed by atoms with Gasteiger partial charge in [0.2, 0.25) is 10.0 Å². The van der Waals surface area contributed by atoms with Crippen molar-refractivity contribution in [2.45, 2.75) is 18.0 Å². The second kappa shape index (κ2) is 8.56. The molecule has 0 aliphatic carbocycles. The Labute approximate surface area is 174 Å². The van der Waals surface area contributed by atoms with Crippen LogP contribution in [-0.2, 0) is 23.1 Å². The number of aromatic nitrogens is 1. The summed E-state index contributed by atoms with van der Waals surface area (Å²) in [4.78, 5) is 0.204. The van der Waals surface area contributed by atoms with Gasteiger partial charge < -0.3 is 13.7 Å². The molecule has 7 nitrogen and oxygen atoms in total. The molecule has 0 bridgehead atoms. The molecule has 2 heterocycles. The molecule has 2 aromatic heterocycles. The van der Waals surface area contributed by atoms with Crippen LogP contribution in [-0.4, -0.2) is 25.0 Å². The first kappa shape index (κ1) is 19.9. The molecule has 154 valence electrons. The molecule has 0 unspecified atom stereocenters. The van der Waals surface area contributed by atoms with Gasteiger partial charge in [0, 0.05) is 11.6 Å². The summed E-state index contributed by atoms with van der Waals surface area (Å²) in [6.07, 6.45) is 1.51. The number of hydrogen-bond acceptors (Lipinski definition) is 6. The van der Waals surface area contributed by atoms with E-state index in [4.69, 9.17) is 13.7 Å². The third-order valence-electron chi connectivity index (χ3n) is 4.57. The molecule has 0 atom stereocenters. The van der Waals surface area contributed by atoms with Crippen LogP contribution in [0.3, 0.4) is 0 Å². The third-order valence-corrected chi connectivity index (χ3v) is 6.37. The number of furan rings is 1. The summed E-state index contributed by atoms with van der Waals surface area (Å²) >= 11 is 0. The van der Waals surface area contributed by atoms with Crippen molar-refractivity contribution >= 4 is 10.0 Å². The maximum atomic E-state index is 13.2. The van der Waals surface area contributed by atoms with Crippen LogP contribution in [0.1, 0.15) is 11.5 Å². The lowest BCUT2D eigenvalue weighted by molar-refractivity contribution is 0.343. The molecule has 4 aromatic rings. The van der Waals surface area contributed by atoms with Gasteiger partial charge >= 0.3 is 0 Å². The first-order chi connectivity index (χ1) is 14.6. The highest BCUT2D eigenvalue weighted by atomic mass is 32.2. The van der Waals surface area contributed by atoms with Gasteiger partial charge in [0.15, 0.2) is 5.76 Å². The highest BCUT2D eigenvalue weighted by Crippen LogP contribution is 2.25. The normalized spacial score (nSPS) is 11.7. The van der Waals surface area contributed by atoms with Crippen LogP contribution in [0.15, 0.2) is 92.9 Å². The van der Waals surface area contributed by atoms with Crippen molar-refractivity contribution in [3.8, 4) is 17.1 Å². The van der Waals surface area contributed by atoms with Crippen molar-refractivity contribution in [3.05, 3.63) is 90.5 Å². The van der Waals surface area contributed by atoms with Crippen LogP contribution in [0.5, 0.6) is 5.75 Å². The smallest absolute Gasteiger partial charge is 0.243 e. The zero-order valence-electron chi connectivity index (χ0n) is 16.3. The third kappa shape index (κ3) is 4.29. The summed E-state index contributed by atoms with van der Waals surface area (Å²) in [6, 6.07) is 20.8. The van der Waals surface area contributed by atoms with Crippen molar-refractivity contribution in [2.75, 3.05) is 7.11 Å². The van der Waals surface area contributed by atoms with E-state index in [1.807, 2.05) is 24.3 Å². The minimum absolute atomic E-state index is 0.0393. The fraction of sp³-hybridized carbons (Fsp3) is 0.136. The van der Waals surface area contributed by atoms with Gasteiger partial charge in [-0.25, -0.2) is 8.42 Å². The Morgan fingerprint density at radius 2 is 1.73 bits per heavy atom. The Hall–Kier alpha value is -3.36. The number of rotatable bonds is 8. The van der Waals surface area contributed by atoms with Crippen LogP contribution < -0.4 is 4.74 Å². The lowest BCUT2D eigenvalue weighted by Gasteiger charge is -2.20. The lowest BCUT2D eigenvalue weighted by Crippen LogP contribution is -2.30. The van der Waals surface area contributed by atoms with Crippen molar-refractivity contribution in [3.63, 3.8) is 0 Å². The van der Waals surface area contributed by atoms with E-state index in [0.717, 1.165) is 11.3 Å². The monoisotopic (exact) mass is 424 g/mol. The second-order valence-electron chi connectivity index (χ2n) is 6.58. The molecule has 0 saturated heterocycles. The molecule has 0 aliphatic heterocycles. The summed E-state index contributed by atoms with van der Waals surface area (Å²) in [6.45, 7) is 0.118. The second-order valence-corrected chi connectivity index (χ2v) is 8.51. The Morgan fingerprint density at radius 1 is 0.967 bits per heavy atom. The van der Waals surface area contributed by atoms with Crippen LogP contribution in [0.4, 0.5) is 0 Å². The number of benzene rings is 2. The average molecular weight is 424 g/mol. The topological polar surface area (TPSA) is 85.8 Å². The summed E-state index contributed by atoms with van der Waals surface area (Å²) in [5, 5.41) is 4.07. The standard InChI is InChI=1S/C22H20N2O5S/c1-27-19-11-9-17(10-12-19)22-14-18(23-29-22)15-24(16-20-6-5-13-28-20)30(25,26)21-7-3-2-4-8-21/h2-14H,15-16H2,1H3. The van der Waals surface area contributed by atoms with Crippen molar-refractivity contribution < 1.29 is 22.1 Å². The van der Waals surface area contributed by atoms with E-state index in [1.165, 1.54) is 10.6 Å². The maximum Gasteiger partial charge on any atom is 0.243 e. The van der Waals surface area contributed by atoms with Crippen molar-refractivity contribution in [1.82, 2.24) is 9.46 Å². The summed E-state index contributed by atoms with van der Waals surface area (Å²) < 4.78 is 43.7. The van der Waals surface area contributed by atoms with Gasteiger partial charge in [0.05, 0.1) is 37.1 Å². The zero-order chi connectivity index (χ0) is 21.0. The Morgan fingerprint density at radius 3 is 2.40 bits per heavy atom. The fourth-order valence-electron chi connectivity index (χ4n) is 3.00. The predicted octanol–water partition coefficient (Wildman–Crippen LogP) is 4.33. The summed E-state index contributed by atoms with van der Waals surface area (Å²) in [7, 11) is -2.17. The minimum Gasteiger partial charge on any atom is -0.497 e. The molecule has 0 fully saturated rings. The highest BCUT2D eigenvalue weighted by Gasteiger charge is 2.27. The molecule has 0 N–H and O–H groups in total. The molecule has 0 saturated carbocycles. The van der Waals surface area contributed by atoms with E-state index in [1.54, 1.807) is 55.6 Å². The van der Waals surface area contributed by atoms with E-state index >= 15 is 0 Å². The van der Waals surface area contributed by atoms with Gasteiger partial charge in [0.25, 0.3) is 0 Å². The Balaban J connectivity index is 1.61. The van der Waals surface area contributed by atoms with Gasteiger partial charge in [-0.05, 0) is 48.5 Å². The summed E-state index contributed by atoms with van der Waals surface area (Å²) in [5.74, 6) is 1.81. The number of methoxy groups -OCH3 is 1. The number of hydrogen-bond donors (Lipinski definition) is 0. The first-order valence-corrected chi connectivity index (χ1v) is 10.7. The van der Waals surface area contributed by atoms with Crippen LogP contribution in [0.2, 0.25) is 0 Å². The average Bonchev–Trinajstić information content (AvgIpc) is 3.46. The van der Waals surface area contributed by atoms with E-state index in [2.05, 4.69) is 5.16 Å². The largest absolute Gasteiger partial charge is 0.497 e. The van der Waals surface area contributed by atoms with Gasteiger partial charge in [-0.1, -0.05) is 23.4 Å². The zero-order valence-corrected chi connectivity index (χ0v) is 17.1. The van der Waals surface area contributed by atoms with Gasteiger partial charge in [0.1, 0.15) is 11.5 Å². The van der Waals surface area contributed by atoms with Gasteiger partial charge in [-0.3, -0.25) is 0 Å². The predicted molar refractivity (Wildman–Crippen MR) is 110 cm³/mol. The quantitative estimate of drug-likeness (QED) is 0.418. The molecule has 0 spiro atoms. The number of sulfonamides is 1. The lowest BCUT2D eigenvalue weighted by atomic mass is 10.1. The number of nitrogens with zero attached hydrogens (tertiary/aromatic N) is 2. The molecule has 0 aliphatic rings. The van der Waals surface area contributed by atoms with E-state index in [9.17, 15) is 8.42 Å². The Bertz CT molecular complexity index is 1180. The van der Waals surface area contributed by atoms with E-state index < -0.39 is 10.0 Å². The molecule has 0 radical (unpaired) electrons. The molecule has 30 heavy (non-hydrogen) atoms. The van der Waals surface area contributed by atoms with E-state index in [0.29, 0.717) is 17.2 Å². The van der Waals surface area contributed by atoms with Crippen molar-refractivity contribution in [1.29, 1.82) is 0 Å². The van der Waals surface area contributed by atoms with Gasteiger partial charge in [-0.2, -0.15) is 4.31 Å². The van der Waals surface area contributed by atoms with Crippen molar-refractivity contribution in [2.24, 2.45) is 0 Å². The molecule has 8 heteroatoms. The van der Waals surface area contributed by atoms with Crippen LogP contribution in [0, 0.1) is 0 Å². The molecular weight excluding hydrogens is 404 g/mol. The van der Waals surface area contributed by atoms with Gasteiger partial charge in [-0.15, -0.1) is 0 Å². The highest BCUT2D eigenvalue weighted by molar-refractivity contribution is 7.89. The fourth-order valence-corrected chi connectivity index (χ4v) is 4.40. The molecule has 2 aromatic carbocycles. The minimum atomic E-state index is -3.76.